The van der Waals surface area contributed by atoms with Gasteiger partial charge in [-0.2, -0.15) is 0 Å². The lowest BCUT2D eigenvalue weighted by Gasteiger charge is -2.27. The molecule has 26 heavy (non-hydrogen) atoms. The summed E-state index contributed by atoms with van der Waals surface area (Å²) in [5, 5.41) is 6.02. The normalized spacial score (nSPS) is 16.4. The maximum Gasteiger partial charge on any atom is 0.261 e. The van der Waals surface area contributed by atoms with E-state index in [0.717, 1.165) is 18.7 Å². The van der Waals surface area contributed by atoms with E-state index >= 15 is 0 Å². The highest BCUT2D eigenvalue weighted by atomic mass is 16.2. The van der Waals surface area contributed by atoms with E-state index in [1.807, 2.05) is 0 Å². The number of aromatic nitrogens is 1. The van der Waals surface area contributed by atoms with E-state index in [0.29, 0.717) is 23.6 Å². The Morgan fingerprint density at radius 2 is 1.85 bits per heavy atom. The largest absolute Gasteiger partial charge is 0.352 e. The molecule has 2 aliphatic rings. The lowest BCUT2D eigenvalue weighted by Crippen LogP contribution is -2.48. The van der Waals surface area contributed by atoms with Gasteiger partial charge >= 0.3 is 0 Å². The minimum Gasteiger partial charge on any atom is -0.352 e. The van der Waals surface area contributed by atoms with Gasteiger partial charge in [0.2, 0.25) is 0 Å². The average Bonchev–Trinajstić information content (AvgIpc) is 2.86. The Bertz CT molecular complexity index is 878. The summed E-state index contributed by atoms with van der Waals surface area (Å²) >= 11 is 0. The van der Waals surface area contributed by atoms with Crippen molar-refractivity contribution < 1.29 is 14.4 Å². The fourth-order valence-electron chi connectivity index (χ4n) is 3.08. The molecule has 2 aromatic rings. The number of pyridine rings is 1. The summed E-state index contributed by atoms with van der Waals surface area (Å²) in [5.41, 5.74) is 1.83. The van der Waals surface area contributed by atoms with Gasteiger partial charge < -0.3 is 10.6 Å². The molecule has 0 aliphatic carbocycles. The highest BCUT2D eigenvalue weighted by molar-refractivity contribution is 6.22. The van der Waals surface area contributed by atoms with Gasteiger partial charge in [0.25, 0.3) is 17.7 Å². The minimum absolute atomic E-state index is 0.186. The number of benzene rings is 1. The zero-order valence-electron chi connectivity index (χ0n) is 14.1. The van der Waals surface area contributed by atoms with Crippen LogP contribution >= 0.6 is 0 Å². The second kappa shape index (κ2) is 6.68. The van der Waals surface area contributed by atoms with E-state index < -0.39 is 0 Å². The molecule has 0 atom stereocenters. The first-order valence-corrected chi connectivity index (χ1v) is 8.51. The third-order valence-electron chi connectivity index (χ3n) is 4.74. The van der Waals surface area contributed by atoms with Crippen molar-refractivity contribution in [1.29, 1.82) is 0 Å². The first-order chi connectivity index (χ1) is 12.6. The monoisotopic (exact) mass is 350 g/mol. The number of carbonyl (C=O) groups excluding carboxylic acids is 3. The summed E-state index contributed by atoms with van der Waals surface area (Å²) in [7, 11) is 0. The molecule has 1 saturated heterocycles. The molecule has 7 nitrogen and oxygen atoms in total. The van der Waals surface area contributed by atoms with Crippen LogP contribution in [0, 0.1) is 5.92 Å². The van der Waals surface area contributed by atoms with E-state index in [9.17, 15) is 14.4 Å². The fraction of sp³-hybridized carbons (Fsp3) is 0.263. The first kappa shape index (κ1) is 16.4. The quantitative estimate of drug-likeness (QED) is 0.780. The molecule has 1 fully saturated rings. The number of imide groups is 1. The number of hydrogen-bond donors (Lipinski definition) is 2. The molecule has 7 heteroatoms. The molecule has 1 aromatic heterocycles. The van der Waals surface area contributed by atoms with Crippen molar-refractivity contribution in [2.45, 2.75) is 6.54 Å². The van der Waals surface area contributed by atoms with E-state index in [1.165, 1.54) is 11.0 Å². The number of carbonyl (C=O) groups is 3. The summed E-state index contributed by atoms with van der Waals surface area (Å²) < 4.78 is 0. The van der Waals surface area contributed by atoms with Gasteiger partial charge in [-0.25, -0.2) is 0 Å². The molecular formula is C19H18N4O3. The van der Waals surface area contributed by atoms with Crippen LogP contribution in [0.5, 0.6) is 0 Å². The molecule has 0 bridgehead atoms. The topological polar surface area (TPSA) is 91.4 Å². The van der Waals surface area contributed by atoms with E-state index in [2.05, 4.69) is 15.6 Å². The number of nitrogens with zero attached hydrogens (tertiary/aromatic N) is 2. The van der Waals surface area contributed by atoms with Crippen molar-refractivity contribution in [2.24, 2.45) is 5.92 Å². The molecule has 2 aliphatic heterocycles. The molecule has 3 amide bonds. The van der Waals surface area contributed by atoms with Crippen LogP contribution in [0.2, 0.25) is 0 Å². The summed E-state index contributed by atoms with van der Waals surface area (Å²) in [6.07, 6.45) is 3.24. The van der Waals surface area contributed by atoms with Gasteiger partial charge in [-0.15, -0.1) is 0 Å². The van der Waals surface area contributed by atoms with E-state index in [-0.39, 0.29) is 29.8 Å². The van der Waals surface area contributed by atoms with Crippen molar-refractivity contribution >= 4 is 17.7 Å². The Balaban J connectivity index is 1.51. The lowest BCUT2D eigenvalue weighted by molar-refractivity contribution is 0.0642. The third kappa shape index (κ3) is 2.97. The van der Waals surface area contributed by atoms with Crippen LogP contribution in [0.1, 0.15) is 36.6 Å². The number of rotatable bonds is 5. The molecule has 0 radical (unpaired) electrons. The molecule has 1 aromatic carbocycles. The smallest absolute Gasteiger partial charge is 0.261 e. The van der Waals surface area contributed by atoms with Crippen molar-refractivity contribution in [2.75, 3.05) is 19.6 Å². The first-order valence-electron chi connectivity index (χ1n) is 8.51. The summed E-state index contributed by atoms with van der Waals surface area (Å²) in [4.78, 5) is 42.6. The Labute approximate surface area is 150 Å². The van der Waals surface area contributed by atoms with E-state index in [4.69, 9.17) is 0 Å². The number of nitrogens with one attached hydrogen (secondary N) is 2. The summed E-state index contributed by atoms with van der Waals surface area (Å²) in [5.74, 6) is -0.492. The molecule has 0 saturated carbocycles. The van der Waals surface area contributed by atoms with Crippen LogP contribution in [0.4, 0.5) is 0 Å². The third-order valence-corrected chi connectivity index (χ3v) is 4.74. The number of amides is 3. The zero-order valence-corrected chi connectivity index (χ0v) is 14.1. The SMILES string of the molecule is O=C(NCC1CNC1)c1ccc2c(c1)C(=O)N(Cc1ccncc1)C2=O. The van der Waals surface area contributed by atoms with E-state index in [1.54, 1.807) is 36.7 Å². The second-order valence-corrected chi connectivity index (χ2v) is 6.55. The Morgan fingerprint density at radius 3 is 2.54 bits per heavy atom. The zero-order chi connectivity index (χ0) is 18.1. The van der Waals surface area contributed by atoms with Crippen LogP contribution in [0.15, 0.2) is 42.7 Å². The summed E-state index contributed by atoms with van der Waals surface area (Å²) in [6.45, 7) is 2.60. The van der Waals surface area contributed by atoms with Crippen molar-refractivity contribution in [3.8, 4) is 0 Å². The van der Waals surface area contributed by atoms with Gasteiger partial charge in [0.05, 0.1) is 17.7 Å². The Hall–Kier alpha value is -3.06. The minimum atomic E-state index is -0.375. The maximum absolute atomic E-state index is 12.7. The van der Waals surface area contributed by atoms with Crippen LogP contribution in [-0.4, -0.2) is 47.2 Å². The average molecular weight is 350 g/mol. The summed E-state index contributed by atoms with van der Waals surface area (Å²) in [6, 6.07) is 8.18. The second-order valence-electron chi connectivity index (χ2n) is 6.55. The molecule has 132 valence electrons. The highest BCUT2D eigenvalue weighted by Gasteiger charge is 2.36. The predicted octanol–water partition coefficient (Wildman–Crippen LogP) is 0.827. The van der Waals surface area contributed by atoms with Gasteiger partial charge in [-0.3, -0.25) is 24.3 Å². The number of hydrogen-bond acceptors (Lipinski definition) is 5. The van der Waals surface area contributed by atoms with Crippen LogP contribution in [0.3, 0.4) is 0 Å². The number of fused-ring (bicyclic) bond motifs is 1. The van der Waals surface area contributed by atoms with Gasteiger partial charge in [0, 0.05) is 43.5 Å². The lowest BCUT2D eigenvalue weighted by atomic mass is 10.0. The van der Waals surface area contributed by atoms with Crippen molar-refractivity contribution in [1.82, 2.24) is 20.5 Å². The highest BCUT2D eigenvalue weighted by Crippen LogP contribution is 2.25. The van der Waals surface area contributed by atoms with Crippen molar-refractivity contribution in [3.05, 3.63) is 65.0 Å². The van der Waals surface area contributed by atoms with Gasteiger partial charge in [0.15, 0.2) is 0 Å². The Kier molecular flexibility index (Phi) is 4.22. The maximum atomic E-state index is 12.7. The van der Waals surface area contributed by atoms with Crippen LogP contribution in [0.25, 0.3) is 0 Å². The molecular weight excluding hydrogens is 332 g/mol. The molecule has 3 heterocycles. The molecule has 4 rings (SSSR count). The predicted molar refractivity (Wildman–Crippen MR) is 93.6 cm³/mol. The molecule has 0 spiro atoms. The van der Waals surface area contributed by atoms with Gasteiger partial charge in [0.1, 0.15) is 0 Å². The molecule has 2 N–H and O–H groups in total. The van der Waals surface area contributed by atoms with Gasteiger partial charge in [-0.1, -0.05) is 0 Å². The molecule has 0 unspecified atom stereocenters. The van der Waals surface area contributed by atoms with Gasteiger partial charge in [-0.05, 0) is 35.9 Å². The van der Waals surface area contributed by atoms with Crippen LogP contribution < -0.4 is 10.6 Å². The van der Waals surface area contributed by atoms with Crippen molar-refractivity contribution in [3.63, 3.8) is 0 Å². The van der Waals surface area contributed by atoms with Crippen LogP contribution in [-0.2, 0) is 6.54 Å². The Morgan fingerprint density at radius 1 is 1.12 bits per heavy atom. The fourth-order valence-corrected chi connectivity index (χ4v) is 3.08. The standard InChI is InChI=1S/C19H18N4O3/c24-17(22-10-13-8-21-9-13)14-1-2-15-16(7-14)19(26)23(18(15)25)11-12-3-5-20-6-4-12/h1-7,13,21H,8-11H2,(H,22,24).